The lowest BCUT2D eigenvalue weighted by molar-refractivity contribution is 0.0940. The van der Waals surface area contributed by atoms with Crippen LogP contribution in [0.15, 0.2) is 22.7 Å². The Morgan fingerprint density at radius 2 is 2.11 bits per heavy atom. The van der Waals surface area contributed by atoms with E-state index in [1.807, 2.05) is 0 Å². The molecular formula is C14H19BrClNO2. The lowest BCUT2D eigenvalue weighted by atomic mass is 10.2. The summed E-state index contributed by atoms with van der Waals surface area (Å²) in [5.41, 5.74) is 0.489. The molecule has 1 amide bonds. The van der Waals surface area contributed by atoms with E-state index < -0.39 is 0 Å². The predicted octanol–water partition coefficient (Wildman–Crippen LogP) is 4.04. The summed E-state index contributed by atoms with van der Waals surface area (Å²) < 4.78 is 6.15. The van der Waals surface area contributed by atoms with E-state index in [1.54, 1.807) is 18.2 Å². The van der Waals surface area contributed by atoms with Crippen LogP contribution in [0, 0.1) is 0 Å². The number of rotatable bonds is 8. The van der Waals surface area contributed by atoms with E-state index in [0.29, 0.717) is 23.7 Å². The fourth-order valence-electron chi connectivity index (χ4n) is 1.50. The molecule has 0 aromatic heterocycles. The number of hydrogen-bond acceptors (Lipinski definition) is 2. The number of carbonyl (C=O) groups excluding carboxylic acids is 1. The van der Waals surface area contributed by atoms with Gasteiger partial charge in [0, 0.05) is 24.2 Å². The SMILES string of the molecule is CCCCOCCCNC(=O)c1cccc(Br)c1Cl. The number of amides is 1. The van der Waals surface area contributed by atoms with E-state index in [-0.39, 0.29) is 5.91 Å². The molecule has 0 radical (unpaired) electrons. The van der Waals surface area contributed by atoms with E-state index >= 15 is 0 Å². The molecule has 0 aliphatic carbocycles. The van der Waals surface area contributed by atoms with Crippen molar-refractivity contribution in [3.8, 4) is 0 Å². The zero-order chi connectivity index (χ0) is 14.1. The smallest absolute Gasteiger partial charge is 0.252 e. The van der Waals surface area contributed by atoms with E-state index in [1.165, 1.54) is 0 Å². The zero-order valence-corrected chi connectivity index (χ0v) is 13.4. The lowest BCUT2D eigenvalue weighted by Gasteiger charge is -2.08. The van der Waals surface area contributed by atoms with Crippen LogP contribution in [0.1, 0.15) is 36.5 Å². The number of halogens is 2. The number of carbonyl (C=O) groups is 1. The maximum absolute atomic E-state index is 11.9. The van der Waals surface area contributed by atoms with Gasteiger partial charge in [0.05, 0.1) is 10.6 Å². The highest BCUT2D eigenvalue weighted by Crippen LogP contribution is 2.25. The van der Waals surface area contributed by atoms with Gasteiger partial charge >= 0.3 is 0 Å². The van der Waals surface area contributed by atoms with Crippen molar-refractivity contribution >= 4 is 33.4 Å². The molecule has 19 heavy (non-hydrogen) atoms. The molecule has 1 rings (SSSR count). The third-order valence-electron chi connectivity index (χ3n) is 2.59. The van der Waals surface area contributed by atoms with Crippen molar-refractivity contribution in [3.63, 3.8) is 0 Å². The van der Waals surface area contributed by atoms with Crippen LogP contribution in [0.25, 0.3) is 0 Å². The average Bonchev–Trinajstić information content (AvgIpc) is 2.40. The van der Waals surface area contributed by atoms with Gasteiger partial charge in [0.2, 0.25) is 0 Å². The molecule has 0 fully saturated rings. The summed E-state index contributed by atoms with van der Waals surface area (Å²) in [6, 6.07) is 5.31. The van der Waals surface area contributed by atoms with Crippen LogP contribution >= 0.6 is 27.5 Å². The number of ether oxygens (including phenoxy) is 1. The summed E-state index contributed by atoms with van der Waals surface area (Å²) in [6.07, 6.45) is 3.03. The molecule has 1 aromatic rings. The highest BCUT2D eigenvalue weighted by Gasteiger charge is 2.11. The predicted molar refractivity (Wildman–Crippen MR) is 81.8 cm³/mol. The van der Waals surface area contributed by atoms with Crippen molar-refractivity contribution in [2.24, 2.45) is 0 Å². The molecule has 106 valence electrons. The first-order valence-corrected chi connectivity index (χ1v) is 7.64. The summed E-state index contributed by atoms with van der Waals surface area (Å²) in [5.74, 6) is -0.153. The van der Waals surface area contributed by atoms with Gasteiger partial charge in [-0.2, -0.15) is 0 Å². The minimum atomic E-state index is -0.153. The fraction of sp³-hybridized carbons (Fsp3) is 0.500. The summed E-state index contributed by atoms with van der Waals surface area (Å²) in [6.45, 7) is 4.19. The lowest BCUT2D eigenvalue weighted by Crippen LogP contribution is -2.25. The number of unbranched alkanes of at least 4 members (excludes halogenated alkanes) is 1. The Kier molecular flexibility index (Phi) is 8.10. The topological polar surface area (TPSA) is 38.3 Å². The maximum atomic E-state index is 11.9. The van der Waals surface area contributed by atoms with Gasteiger partial charge in [0.15, 0.2) is 0 Å². The van der Waals surface area contributed by atoms with Crippen LogP contribution < -0.4 is 5.32 Å². The van der Waals surface area contributed by atoms with Crippen LogP contribution in [0.5, 0.6) is 0 Å². The quantitative estimate of drug-likeness (QED) is 0.720. The second-order valence-corrected chi connectivity index (χ2v) is 5.41. The van der Waals surface area contributed by atoms with Gasteiger partial charge in [0.25, 0.3) is 5.91 Å². The Hall–Kier alpha value is -0.580. The molecule has 0 saturated carbocycles. The molecule has 1 aromatic carbocycles. The molecule has 0 bridgehead atoms. The highest BCUT2D eigenvalue weighted by molar-refractivity contribution is 9.10. The van der Waals surface area contributed by atoms with Gasteiger partial charge in [-0.05, 0) is 40.9 Å². The summed E-state index contributed by atoms with van der Waals surface area (Å²) in [7, 11) is 0. The molecule has 5 heteroatoms. The molecule has 3 nitrogen and oxygen atoms in total. The first-order valence-electron chi connectivity index (χ1n) is 6.46. The van der Waals surface area contributed by atoms with E-state index in [9.17, 15) is 4.79 Å². The second-order valence-electron chi connectivity index (χ2n) is 4.18. The van der Waals surface area contributed by atoms with Crippen molar-refractivity contribution in [2.75, 3.05) is 19.8 Å². The Labute approximate surface area is 127 Å². The van der Waals surface area contributed by atoms with Gasteiger partial charge in [-0.25, -0.2) is 0 Å². The van der Waals surface area contributed by atoms with Crippen LogP contribution in [0.4, 0.5) is 0 Å². The average molecular weight is 349 g/mol. The van der Waals surface area contributed by atoms with Gasteiger partial charge in [-0.3, -0.25) is 4.79 Å². The van der Waals surface area contributed by atoms with Gasteiger partial charge in [-0.1, -0.05) is 31.0 Å². The van der Waals surface area contributed by atoms with Crippen molar-refractivity contribution in [1.29, 1.82) is 0 Å². The molecule has 0 heterocycles. The molecule has 0 aliphatic heterocycles. The van der Waals surface area contributed by atoms with Gasteiger partial charge in [-0.15, -0.1) is 0 Å². The first kappa shape index (κ1) is 16.5. The van der Waals surface area contributed by atoms with Crippen molar-refractivity contribution in [1.82, 2.24) is 5.32 Å². The fourth-order valence-corrected chi connectivity index (χ4v) is 2.08. The van der Waals surface area contributed by atoms with Crippen molar-refractivity contribution in [3.05, 3.63) is 33.3 Å². The molecular weight excluding hydrogens is 330 g/mol. The summed E-state index contributed by atoms with van der Waals surface area (Å²) in [4.78, 5) is 11.9. The van der Waals surface area contributed by atoms with E-state index in [2.05, 4.69) is 28.2 Å². The third kappa shape index (κ3) is 5.93. The van der Waals surface area contributed by atoms with E-state index in [0.717, 1.165) is 30.3 Å². The van der Waals surface area contributed by atoms with Crippen LogP contribution in [0.3, 0.4) is 0 Å². The normalized spacial score (nSPS) is 10.5. The van der Waals surface area contributed by atoms with Gasteiger partial charge in [0.1, 0.15) is 0 Å². The van der Waals surface area contributed by atoms with Crippen LogP contribution in [-0.2, 0) is 4.74 Å². The second kappa shape index (κ2) is 9.34. The number of hydrogen-bond donors (Lipinski definition) is 1. The molecule has 1 N–H and O–H groups in total. The molecule has 0 atom stereocenters. The maximum Gasteiger partial charge on any atom is 0.252 e. The van der Waals surface area contributed by atoms with Crippen molar-refractivity contribution in [2.45, 2.75) is 26.2 Å². The first-order chi connectivity index (χ1) is 9.16. The minimum absolute atomic E-state index is 0.153. The largest absolute Gasteiger partial charge is 0.381 e. The monoisotopic (exact) mass is 347 g/mol. The van der Waals surface area contributed by atoms with Crippen LogP contribution in [0.2, 0.25) is 5.02 Å². The minimum Gasteiger partial charge on any atom is -0.381 e. The number of nitrogens with one attached hydrogen (secondary N) is 1. The third-order valence-corrected chi connectivity index (χ3v) is 3.89. The Balaban J connectivity index is 2.26. The molecule has 0 unspecified atom stereocenters. The molecule has 0 saturated heterocycles. The van der Waals surface area contributed by atoms with Crippen molar-refractivity contribution < 1.29 is 9.53 Å². The zero-order valence-electron chi connectivity index (χ0n) is 11.0. The highest BCUT2D eigenvalue weighted by atomic mass is 79.9. The molecule has 0 aliphatic rings. The summed E-state index contributed by atoms with van der Waals surface area (Å²) in [5, 5.41) is 3.28. The Bertz CT molecular complexity index is 412. The van der Waals surface area contributed by atoms with E-state index in [4.69, 9.17) is 16.3 Å². The summed E-state index contributed by atoms with van der Waals surface area (Å²) >= 11 is 9.35. The van der Waals surface area contributed by atoms with Gasteiger partial charge < -0.3 is 10.1 Å². The Morgan fingerprint density at radius 3 is 2.84 bits per heavy atom. The Morgan fingerprint density at radius 1 is 1.37 bits per heavy atom. The number of benzene rings is 1. The van der Waals surface area contributed by atoms with Crippen LogP contribution in [-0.4, -0.2) is 25.7 Å². The molecule has 0 spiro atoms. The standard InChI is InChI=1S/C14H19BrClNO2/c1-2-3-9-19-10-5-8-17-14(18)11-6-4-7-12(15)13(11)16/h4,6-7H,2-3,5,8-10H2,1H3,(H,17,18).